The Morgan fingerprint density at radius 2 is 2.53 bits per heavy atom. The van der Waals surface area contributed by atoms with E-state index in [1.54, 1.807) is 13.3 Å². The van der Waals surface area contributed by atoms with E-state index in [4.69, 9.17) is 4.74 Å². The van der Waals surface area contributed by atoms with Crippen molar-refractivity contribution in [2.24, 2.45) is 5.92 Å². The van der Waals surface area contributed by atoms with Crippen LogP contribution in [0.15, 0.2) is 12.4 Å². The first-order valence-electron chi connectivity index (χ1n) is 5.15. The summed E-state index contributed by atoms with van der Waals surface area (Å²) >= 11 is 0. The second-order valence-electron chi connectivity index (χ2n) is 3.81. The summed E-state index contributed by atoms with van der Waals surface area (Å²) in [4.78, 5) is 0. The summed E-state index contributed by atoms with van der Waals surface area (Å²) in [6.45, 7) is 3.28. The Morgan fingerprint density at radius 1 is 1.67 bits per heavy atom. The van der Waals surface area contributed by atoms with Gasteiger partial charge in [0, 0.05) is 6.54 Å². The van der Waals surface area contributed by atoms with Gasteiger partial charge < -0.3 is 10.1 Å². The fraction of sp³-hybridized carbons (Fsp3) is 0.700. The molecule has 2 rings (SSSR count). The highest BCUT2D eigenvalue weighted by molar-refractivity contribution is 5.85. The number of methoxy groups -OCH3 is 1. The summed E-state index contributed by atoms with van der Waals surface area (Å²) in [5.74, 6) is 1.56. The molecule has 86 valence electrons. The van der Waals surface area contributed by atoms with E-state index in [0.29, 0.717) is 5.92 Å². The number of hydrogen-bond donors (Lipinski definition) is 1. The van der Waals surface area contributed by atoms with Crippen LogP contribution in [0.5, 0.6) is 5.75 Å². The molecule has 0 bridgehead atoms. The Morgan fingerprint density at radius 3 is 3.13 bits per heavy atom. The van der Waals surface area contributed by atoms with Gasteiger partial charge in [0.05, 0.1) is 19.5 Å². The monoisotopic (exact) mass is 231 g/mol. The van der Waals surface area contributed by atoms with Crippen molar-refractivity contribution in [3.63, 3.8) is 0 Å². The lowest BCUT2D eigenvalue weighted by Crippen LogP contribution is -2.32. The molecule has 1 saturated heterocycles. The Labute approximate surface area is 96.4 Å². The van der Waals surface area contributed by atoms with Crippen LogP contribution < -0.4 is 10.1 Å². The van der Waals surface area contributed by atoms with Crippen LogP contribution >= 0.6 is 12.4 Å². The Bertz CT molecular complexity index is 284. The van der Waals surface area contributed by atoms with Crippen LogP contribution in [0.4, 0.5) is 0 Å². The van der Waals surface area contributed by atoms with E-state index in [1.165, 1.54) is 19.4 Å². The SMILES string of the molecule is COc1cnn(C[C@@H]2CCCNC2)c1.Cl. The minimum atomic E-state index is 0. The number of nitrogens with one attached hydrogen (secondary N) is 1. The summed E-state index contributed by atoms with van der Waals surface area (Å²) < 4.78 is 7.05. The van der Waals surface area contributed by atoms with Gasteiger partial charge in [-0.2, -0.15) is 5.10 Å². The number of nitrogens with zero attached hydrogens (tertiary/aromatic N) is 2. The topological polar surface area (TPSA) is 39.1 Å². The molecule has 1 aliphatic heterocycles. The third-order valence-corrected chi connectivity index (χ3v) is 2.69. The molecule has 0 aromatic carbocycles. The Hall–Kier alpha value is -0.740. The highest BCUT2D eigenvalue weighted by atomic mass is 35.5. The predicted octanol–water partition coefficient (Wildman–Crippen LogP) is 1.31. The molecule has 0 aliphatic carbocycles. The minimum absolute atomic E-state index is 0. The van der Waals surface area contributed by atoms with Crippen LogP contribution in [-0.2, 0) is 6.54 Å². The van der Waals surface area contributed by atoms with Gasteiger partial charge in [-0.15, -0.1) is 12.4 Å². The molecule has 5 heteroatoms. The lowest BCUT2D eigenvalue weighted by atomic mass is 10.00. The molecule has 1 atom stereocenters. The summed E-state index contributed by atoms with van der Waals surface area (Å²) in [5, 5.41) is 7.65. The maximum absolute atomic E-state index is 5.09. The van der Waals surface area contributed by atoms with Gasteiger partial charge >= 0.3 is 0 Å². The standard InChI is InChI=1S/C10H17N3O.ClH/c1-14-10-6-12-13(8-10)7-9-3-2-4-11-5-9;/h6,8-9,11H,2-5,7H2,1H3;1H/t9-;/m1./s1. The third kappa shape index (κ3) is 3.39. The van der Waals surface area contributed by atoms with Gasteiger partial charge in [-0.25, -0.2) is 0 Å². The van der Waals surface area contributed by atoms with E-state index in [-0.39, 0.29) is 12.4 Å². The highest BCUT2D eigenvalue weighted by Crippen LogP contribution is 2.14. The van der Waals surface area contributed by atoms with Crippen molar-refractivity contribution < 1.29 is 4.74 Å². The first-order valence-corrected chi connectivity index (χ1v) is 5.15. The second-order valence-corrected chi connectivity index (χ2v) is 3.81. The van der Waals surface area contributed by atoms with E-state index in [0.717, 1.165) is 18.8 Å². The maximum Gasteiger partial charge on any atom is 0.156 e. The molecule has 1 fully saturated rings. The van der Waals surface area contributed by atoms with Crippen LogP contribution in [-0.4, -0.2) is 30.0 Å². The van der Waals surface area contributed by atoms with Crippen molar-refractivity contribution in [2.45, 2.75) is 19.4 Å². The average molecular weight is 232 g/mol. The number of ether oxygens (including phenoxy) is 1. The molecule has 15 heavy (non-hydrogen) atoms. The van der Waals surface area contributed by atoms with E-state index < -0.39 is 0 Å². The van der Waals surface area contributed by atoms with Gasteiger partial charge in [0.2, 0.25) is 0 Å². The number of aromatic nitrogens is 2. The summed E-state index contributed by atoms with van der Waals surface area (Å²) in [5.41, 5.74) is 0. The number of halogens is 1. The van der Waals surface area contributed by atoms with Crippen LogP contribution in [0, 0.1) is 5.92 Å². The Balaban J connectivity index is 0.00000112. The molecule has 1 aromatic heterocycles. The van der Waals surface area contributed by atoms with Gasteiger partial charge in [0.1, 0.15) is 0 Å². The normalized spacial score (nSPS) is 20.7. The number of rotatable bonds is 3. The van der Waals surface area contributed by atoms with E-state index in [9.17, 15) is 0 Å². The first kappa shape index (κ1) is 12.3. The minimum Gasteiger partial charge on any atom is -0.493 e. The second kappa shape index (κ2) is 5.98. The molecular formula is C10H18ClN3O. The highest BCUT2D eigenvalue weighted by Gasteiger charge is 2.13. The molecule has 4 nitrogen and oxygen atoms in total. The first-order chi connectivity index (χ1) is 6.88. The largest absolute Gasteiger partial charge is 0.493 e. The lowest BCUT2D eigenvalue weighted by molar-refractivity contribution is 0.324. The summed E-state index contributed by atoms with van der Waals surface area (Å²) in [7, 11) is 1.67. The Kier molecular flexibility index (Phi) is 4.91. The van der Waals surface area contributed by atoms with Crippen molar-refractivity contribution in [2.75, 3.05) is 20.2 Å². The zero-order chi connectivity index (χ0) is 9.80. The molecule has 1 aromatic rings. The molecule has 0 radical (unpaired) electrons. The van der Waals surface area contributed by atoms with Crippen LogP contribution in [0.25, 0.3) is 0 Å². The zero-order valence-corrected chi connectivity index (χ0v) is 9.80. The maximum atomic E-state index is 5.09. The van der Waals surface area contributed by atoms with Crippen molar-refractivity contribution in [1.29, 1.82) is 0 Å². The van der Waals surface area contributed by atoms with E-state index in [1.807, 2.05) is 10.9 Å². The fourth-order valence-corrected chi connectivity index (χ4v) is 1.89. The van der Waals surface area contributed by atoms with Crippen LogP contribution in [0.1, 0.15) is 12.8 Å². The molecule has 0 spiro atoms. The van der Waals surface area contributed by atoms with Gasteiger partial charge in [-0.05, 0) is 31.8 Å². The van der Waals surface area contributed by atoms with Gasteiger partial charge in [0.15, 0.2) is 5.75 Å². The molecule has 1 N–H and O–H groups in total. The molecule has 0 amide bonds. The van der Waals surface area contributed by atoms with Crippen molar-refractivity contribution in [1.82, 2.24) is 15.1 Å². The van der Waals surface area contributed by atoms with E-state index >= 15 is 0 Å². The lowest BCUT2D eigenvalue weighted by Gasteiger charge is -2.22. The average Bonchev–Trinajstić information content (AvgIpc) is 2.67. The molecular weight excluding hydrogens is 214 g/mol. The fourth-order valence-electron chi connectivity index (χ4n) is 1.89. The van der Waals surface area contributed by atoms with Crippen molar-refractivity contribution in [3.05, 3.63) is 12.4 Å². The van der Waals surface area contributed by atoms with Gasteiger partial charge in [-0.3, -0.25) is 4.68 Å². The van der Waals surface area contributed by atoms with E-state index in [2.05, 4.69) is 10.4 Å². The molecule has 0 unspecified atom stereocenters. The van der Waals surface area contributed by atoms with Crippen LogP contribution in [0.2, 0.25) is 0 Å². The van der Waals surface area contributed by atoms with Gasteiger partial charge in [-0.1, -0.05) is 0 Å². The molecule has 0 saturated carbocycles. The summed E-state index contributed by atoms with van der Waals surface area (Å²) in [6.07, 6.45) is 6.29. The van der Waals surface area contributed by atoms with Crippen molar-refractivity contribution >= 4 is 12.4 Å². The smallest absolute Gasteiger partial charge is 0.156 e. The van der Waals surface area contributed by atoms with Crippen molar-refractivity contribution in [3.8, 4) is 5.75 Å². The number of piperidine rings is 1. The zero-order valence-electron chi connectivity index (χ0n) is 8.98. The summed E-state index contributed by atoms with van der Waals surface area (Å²) in [6, 6.07) is 0. The third-order valence-electron chi connectivity index (χ3n) is 2.69. The molecule has 2 heterocycles. The van der Waals surface area contributed by atoms with Gasteiger partial charge in [0.25, 0.3) is 0 Å². The predicted molar refractivity (Wildman–Crippen MR) is 61.6 cm³/mol. The van der Waals surface area contributed by atoms with Crippen LogP contribution in [0.3, 0.4) is 0 Å². The quantitative estimate of drug-likeness (QED) is 0.853. The number of hydrogen-bond acceptors (Lipinski definition) is 3. The molecule has 1 aliphatic rings.